The lowest BCUT2D eigenvalue weighted by Gasteiger charge is -2.13. The Morgan fingerprint density at radius 2 is 1.89 bits per heavy atom. The highest BCUT2D eigenvalue weighted by Gasteiger charge is 2.21. The van der Waals surface area contributed by atoms with Crippen molar-refractivity contribution in [1.29, 1.82) is 0 Å². The van der Waals surface area contributed by atoms with Gasteiger partial charge in [-0.3, -0.25) is 25.0 Å². The molecular formula is C10H12N4O5. The number of carbonyl (C=O) groups is 1. The van der Waals surface area contributed by atoms with E-state index in [-0.39, 0.29) is 17.3 Å². The van der Waals surface area contributed by atoms with Crippen LogP contribution < -0.4 is 10.6 Å². The predicted molar refractivity (Wildman–Crippen MR) is 66.9 cm³/mol. The molecule has 0 saturated heterocycles. The van der Waals surface area contributed by atoms with Gasteiger partial charge in [-0.1, -0.05) is 0 Å². The van der Waals surface area contributed by atoms with Crippen LogP contribution in [0, 0.1) is 20.2 Å². The fraction of sp³-hybridized carbons (Fsp3) is 0.300. The molecule has 0 aliphatic carbocycles. The molecule has 0 aliphatic heterocycles. The molecule has 19 heavy (non-hydrogen) atoms. The summed E-state index contributed by atoms with van der Waals surface area (Å²) in [6.07, 6.45) is 0. The summed E-state index contributed by atoms with van der Waals surface area (Å²) < 4.78 is 0. The van der Waals surface area contributed by atoms with Gasteiger partial charge in [-0.2, -0.15) is 0 Å². The number of hydrogen-bond donors (Lipinski definition) is 2. The average Bonchev–Trinajstić information content (AvgIpc) is 2.37. The first-order valence-corrected chi connectivity index (χ1v) is 5.27. The standard InChI is InChI=1S/C10H12N4O5/c1-6(10(15)11-2)12-8-4-3-7(13(16)17)5-9(8)14(18)19/h3-6,12H,1-2H3,(H,11,15). The molecule has 1 aromatic rings. The van der Waals surface area contributed by atoms with Crippen molar-refractivity contribution in [3.05, 3.63) is 38.4 Å². The number of nitrogens with one attached hydrogen (secondary N) is 2. The van der Waals surface area contributed by atoms with Gasteiger partial charge in [-0.05, 0) is 13.0 Å². The average molecular weight is 268 g/mol. The number of hydrogen-bond acceptors (Lipinski definition) is 6. The molecule has 2 N–H and O–H groups in total. The van der Waals surface area contributed by atoms with Crippen molar-refractivity contribution in [2.45, 2.75) is 13.0 Å². The van der Waals surface area contributed by atoms with Gasteiger partial charge in [0, 0.05) is 13.1 Å². The van der Waals surface area contributed by atoms with Crippen LogP contribution in [0.5, 0.6) is 0 Å². The molecule has 0 aromatic heterocycles. The fourth-order valence-corrected chi connectivity index (χ4v) is 1.42. The number of anilines is 1. The molecule has 0 aliphatic rings. The van der Waals surface area contributed by atoms with Crippen molar-refractivity contribution in [3.63, 3.8) is 0 Å². The van der Waals surface area contributed by atoms with E-state index in [4.69, 9.17) is 0 Å². The molecule has 1 atom stereocenters. The number of likely N-dealkylation sites (N-methyl/N-ethyl adjacent to an activating group) is 1. The van der Waals surface area contributed by atoms with Gasteiger partial charge in [0.25, 0.3) is 11.4 Å². The molecule has 1 unspecified atom stereocenters. The number of non-ortho nitro benzene ring substituents is 1. The van der Waals surface area contributed by atoms with Gasteiger partial charge < -0.3 is 10.6 Å². The van der Waals surface area contributed by atoms with Crippen LogP contribution in [0.1, 0.15) is 6.92 Å². The van der Waals surface area contributed by atoms with Crippen LogP contribution in [0.25, 0.3) is 0 Å². The van der Waals surface area contributed by atoms with E-state index < -0.39 is 21.6 Å². The largest absolute Gasteiger partial charge is 0.368 e. The highest BCUT2D eigenvalue weighted by molar-refractivity contribution is 5.85. The molecule has 0 radical (unpaired) electrons. The Bertz CT molecular complexity index is 531. The number of carbonyl (C=O) groups excluding carboxylic acids is 1. The molecule has 0 fully saturated rings. The maximum atomic E-state index is 11.3. The first kappa shape index (κ1) is 14.4. The summed E-state index contributed by atoms with van der Waals surface area (Å²) in [4.78, 5) is 31.3. The van der Waals surface area contributed by atoms with Crippen LogP contribution in [-0.4, -0.2) is 28.8 Å². The topological polar surface area (TPSA) is 127 Å². The summed E-state index contributed by atoms with van der Waals surface area (Å²) in [6.45, 7) is 1.52. The second kappa shape index (κ2) is 5.76. The van der Waals surface area contributed by atoms with E-state index in [2.05, 4.69) is 10.6 Å². The number of amides is 1. The van der Waals surface area contributed by atoms with Gasteiger partial charge in [-0.15, -0.1) is 0 Å². The fourth-order valence-electron chi connectivity index (χ4n) is 1.42. The molecule has 1 amide bonds. The molecule has 0 heterocycles. The number of benzene rings is 1. The second-order valence-corrected chi connectivity index (χ2v) is 3.70. The van der Waals surface area contributed by atoms with E-state index in [1.165, 1.54) is 20.0 Å². The number of rotatable bonds is 5. The third kappa shape index (κ3) is 3.37. The maximum Gasteiger partial charge on any atom is 0.299 e. The quantitative estimate of drug-likeness (QED) is 0.606. The van der Waals surface area contributed by atoms with Gasteiger partial charge in [0.2, 0.25) is 5.91 Å². The summed E-state index contributed by atoms with van der Waals surface area (Å²) in [7, 11) is 1.44. The maximum absolute atomic E-state index is 11.3. The number of nitro groups is 2. The Balaban J connectivity index is 3.10. The molecule has 0 spiro atoms. The summed E-state index contributed by atoms with van der Waals surface area (Å²) in [5, 5.41) is 26.4. The number of nitrogens with zero attached hydrogens (tertiary/aromatic N) is 2. The third-order valence-corrected chi connectivity index (χ3v) is 2.40. The van der Waals surface area contributed by atoms with E-state index in [1.807, 2.05) is 0 Å². The van der Waals surface area contributed by atoms with Crippen molar-refractivity contribution in [2.24, 2.45) is 0 Å². The summed E-state index contributed by atoms with van der Waals surface area (Å²) >= 11 is 0. The SMILES string of the molecule is CNC(=O)C(C)Nc1ccc([N+](=O)[O-])cc1[N+](=O)[O-]. The van der Waals surface area contributed by atoms with Gasteiger partial charge in [0.05, 0.1) is 15.9 Å². The monoisotopic (exact) mass is 268 g/mol. The third-order valence-electron chi connectivity index (χ3n) is 2.40. The first-order valence-electron chi connectivity index (χ1n) is 5.27. The van der Waals surface area contributed by atoms with Gasteiger partial charge in [0.15, 0.2) is 0 Å². The second-order valence-electron chi connectivity index (χ2n) is 3.70. The molecule has 102 valence electrons. The minimum Gasteiger partial charge on any atom is -0.368 e. The van der Waals surface area contributed by atoms with E-state index in [1.54, 1.807) is 0 Å². The highest BCUT2D eigenvalue weighted by Crippen LogP contribution is 2.29. The van der Waals surface area contributed by atoms with Crippen LogP contribution in [0.3, 0.4) is 0 Å². The first-order chi connectivity index (χ1) is 8.86. The zero-order valence-electron chi connectivity index (χ0n) is 10.2. The zero-order valence-corrected chi connectivity index (χ0v) is 10.2. The van der Waals surface area contributed by atoms with Crippen LogP contribution >= 0.6 is 0 Å². The van der Waals surface area contributed by atoms with Gasteiger partial charge in [-0.25, -0.2) is 0 Å². The summed E-state index contributed by atoms with van der Waals surface area (Å²) in [5.41, 5.74) is -0.790. The highest BCUT2D eigenvalue weighted by atomic mass is 16.6. The molecule has 0 bridgehead atoms. The van der Waals surface area contributed by atoms with Crippen molar-refractivity contribution in [2.75, 3.05) is 12.4 Å². The number of nitro benzene ring substituents is 2. The lowest BCUT2D eigenvalue weighted by Crippen LogP contribution is -2.35. The van der Waals surface area contributed by atoms with Crippen LogP contribution in [0.2, 0.25) is 0 Å². The Kier molecular flexibility index (Phi) is 4.35. The Morgan fingerprint density at radius 3 is 2.37 bits per heavy atom. The molecule has 1 rings (SSSR count). The Morgan fingerprint density at radius 1 is 1.26 bits per heavy atom. The van der Waals surface area contributed by atoms with Gasteiger partial charge >= 0.3 is 0 Å². The Hall–Kier alpha value is -2.71. The summed E-state index contributed by atoms with van der Waals surface area (Å²) in [5.74, 6) is -0.354. The lowest BCUT2D eigenvalue weighted by molar-refractivity contribution is -0.393. The van der Waals surface area contributed by atoms with Crippen LogP contribution in [-0.2, 0) is 4.79 Å². The smallest absolute Gasteiger partial charge is 0.299 e. The van der Waals surface area contributed by atoms with Crippen LogP contribution in [0.4, 0.5) is 17.1 Å². The van der Waals surface area contributed by atoms with Crippen LogP contribution in [0.15, 0.2) is 18.2 Å². The van der Waals surface area contributed by atoms with E-state index in [9.17, 15) is 25.0 Å². The van der Waals surface area contributed by atoms with Crippen molar-refractivity contribution in [3.8, 4) is 0 Å². The van der Waals surface area contributed by atoms with E-state index >= 15 is 0 Å². The van der Waals surface area contributed by atoms with Crippen molar-refractivity contribution in [1.82, 2.24) is 5.32 Å². The molecule has 9 nitrogen and oxygen atoms in total. The molecule has 0 saturated carbocycles. The minimum absolute atomic E-state index is 0.0479. The van der Waals surface area contributed by atoms with Crippen molar-refractivity contribution >= 4 is 23.0 Å². The van der Waals surface area contributed by atoms with Crippen molar-refractivity contribution < 1.29 is 14.6 Å². The minimum atomic E-state index is -0.744. The summed E-state index contributed by atoms with van der Waals surface area (Å²) in [6, 6.07) is 2.48. The molecule has 1 aromatic carbocycles. The predicted octanol–water partition coefficient (Wildman–Crippen LogP) is 1.05. The normalized spacial score (nSPS) is 11.5. The van der Waals surface area contributed by atoms with Gasteiger partial charge in [0.1, 0.15) is 11.7 Å². The zero-order chi connectivity index (χ0) is 14.6. The van der Waals surface area contributed by atoms with E-state index in [0.717, 1.165) is 12.1 Å². The van der Waals surface area contributed by atoms with E-state index in [0.29, 0.717) is 0 Å². The Labute approximate surface area is 107 Å². The lowest BCUT2D eigenvalue weighted by atomic mass is 10.2. The molecular weight excluding hydrogens is 256 g/mol. The molecule has 9 heteroatoms.